The first kappa shape index (κ1) is 16.2. The summed E-state index contributed by atoms with van der Waals surface area (Å²) in [7, 11) is 0. The van der Waals surface area contributed by atoms with Crippen LogP contribution in [0.25, 0.3) is 33.5 Å². The Labute approximate surface area is 156 Å². The molecule has 0 fully saturated rings. The summed E-state index contributed by atoms with van der Waals surface area (Å²) < 4.78 is 5.84. The molecule has 0 N–H and O–H groups in total. The van der Waals surface area contributed by atoms with Crippen molar-refractivity contribution in [1.29, 1.82) is 0 Å². The number of nitrogens with zero attached hydrogens (tertiary/aromatic N) is 1. The summed E-state index contributed by atoms with van der Waals surface area (Å²) in [6, 6.07) is 17.6. The number of furan rings is 1. The summed E-state index contributed by atoms with van der Waals surface area (Å²) in [6.07, 6.45) is 0. The number of halogens is 2. The van der Waals surface area contributed by atoms with E-state index in [4.69, 9.17) is 32.6 Å². The van der Waals surface area contributed by atoms with Crippen LogP contribution < -0.4 is 0 Å². The van der Waals surface area contributed by atoms with Gasteiger partial charge in [-0.15, -0.1) is 0 Å². The summed E-state index contributed by atoms with van der Waals surface area (Å²) in [4.78, 5) is 4.80. The zero-order valence-electron chi connectivity index (χ0n) is 13.8. The van der Waals surface area contributed by atoms with Crippen molar-refractivity contribution >= 4 is 34.3 Å². The zero-order valence-corrected chi connectivity index (χ0v) is 15.3. The van der Waals surface area contributed by atoms with Gasteiger partial charge in [-0.2, -0.15) is 0 Å². The molecular weight excluding hydrogens is 353 g/mol. The van der Waals surface area contributed by atoms with Crippen LogP contribution in [0.15, 0.2) is 59.0 Å². The summed E-state index contributed by atoms with van der Waals surface area (Å²) in [5, 5.41) is 2.37. The molecule has 0 aliphatic carbocycles. The lowest BCUT2D eigenvalue weighted by atomic mass is 9.97. The second kappa shape index (κ2) is 6.21. The largest absolute Gasteiger partial charge is 0.443 e. The van der Waals surface area contributed by atoms with E-state index in [0.29, 0.717) is 15.8 Å². The molecule has 0 saturated heterocycles. The number of hydrogen-bond donors (Lipinski definition) is 0. The molecule has 0 aliphatic rings. The van der Waals surface area contributed by atoms with E-state index >= 15 is 0 Å². The van der Waals surface area contributed by atoms with Gasteiger partial charge in [0.25, 0.3) is 0 Å². The maximum absolute atomic E-state index is 6.44. The summed E-state index contributed by atoms with van der Waals surface area (Å²) in [5.74, 6) is 0.876. The van der Waals surface area contributed by atoms with Crippen LogP contribution in [0.4, 0.5) is 0 Å². The van der Waals surface area contributed by atoms with Crippen LogP contribution in [0.3, 0.4) is 0 Å². The minimum Gasteiger partial charge on any atom is -0.443 e. The van der Waals surface area contributed by atoms with E-state index in [1.807, 2.05) is 62.4 Å². The van der Waals surface area contributed by atoms with Crippen LogP contribution in [0, 0.1) is 13.8 Å². The average Bonchev–Trinajstić information content (AvgIpc) is 2.89. The summed E-state index contributed by atoms with van der Waals surface area (Å²) >= 11 is 12.5. The third-order valence-electron chi connectivity index (χ3n) is 4.45. The van der Waals surface area contributed by atoms with Crippen molar-refractivity contribution in [2.75, 3.05) is 0 Å². The lowest BCUT2D eigenvalue weighted by Gasteiger charge is -2.11. The average molecular weight is 368 g/mol. The van der Waals surface area contributed by atoms with Gasteiger partial charge in [0.05, 0.1) is 5.69 Å². The molecule has 2 nitrogen and oxygen atoms in total. The maximum atomic E-state index is 6.44. The van der Waals surface area contributed by atoms with Gasteiger partial charge in [0.15, 0.2) is 0 Å². The fourth-order valence-corrected chi connectivity index (χ4v) is 3.31. The molecule has 0 saturated carbocycles. The smallest absolute Gasteiger partial charge is 0.227 e. The fourth-order valence-electron chi connectivity index (χ4n) is 2.96. The van der Waals surface area contributed by atoms with Crippen molar-refractivity contribution in [3.63, 3.8) is 0 Å². The Hall–Kier alpha value is -2.29. The molecule has 0 radical (unpaired) electrons. The molecule has 0 amide bonds. The number of rotatable bonds is 2. The monoisotopic (exact) mass is 367 g/mol. The molecule has 2 heterocycles. The molecular formula is C21H15Cl2NO. The van der Waals surface area contributed by atoms with Crippen molar-refractivity contribution in [3.8, 4) is 22.4 Å². The lowest BCUT2D eigenvalue weighted by Crippen LogP contribution is -1.91. The third-order valence-corrected chi connectivity index (χ3v) is 5.04. The molecule has 0 atom stereocenters. The Morgan fingerprint density at radius 1 is 0.880 bits per heavy atom. The van der Waals surface area contributed by atoms with Gasteiger partial charge in [0.2, 0.25) is 5.71 Å². The van der Waals surface area contributed by atoms with E-state index < -0.39 is 0 Å². The van der Waals surface area contributed by atoms with E-state index in [0.717, 1.165) is 39.1 Å². The van der Waals surface area contributed by atoms with Crippen molar-refractivity contribution in [3.05, 3.63) is 76.0 Å². The molecule has 4 aromatic rings. The number of pyridine rings is 1. The summed E-state index contributed by atoms with van der Waals surface area (Å²) in [6.45, 7) is 4.00. The highest BCUT2D eigenvalue weighted by Crippen LogP contribution is 2.38. The van der Waals surface area contributed by atoms with Gasteiger partial charge in [-0.3, -0.25) is 0 Å². The minimum atomic E-state index is 0.627. The fraction of sp³-hybridized carbons (Fsp3) is 0.0952. The first-order valence-corrected chi connectivity index (χ1v) is 8.72. The van der Waals surface area contributed by atoms with Gasteiger partial charge in [0.1, 0.15) is 5.76 Å². The van der Waals surface area contributed by atoms with E-state index in [2.05, 4.69) is 6.07 Å². The van der Waals surface area contributed by atoms with Crippen LogP contribution in [0.1, 0.15) is 11.3 Å². The molecule has 0 aliphatic heterocycles. The SMILES string of the molecule is Cc1oc2nc(-c3ccccc3Cl)c(-c3ccc(Cl)cc3)cc2c1C. The van der Waals surface area contributed by atoms with Crippen molar-refractivity contribution < 1.29 is 4.42 Å². The molecule has 0 bridgehead atoms. The van der Waals surface area contributed by atoms with Gasteiger partial charge in [0, 0.05) is 26.6 Å². The molecule has 2 aromatic heterocycles. The van der Waals surface area contributed by atoms with Crippen molar-refractivity contribution in [1.82, 2.24) is 4.98 Å². The molecule has 124 valence electrons. The minimum absolute atomic E-state index is 0.627. The van der Waals surface area contributed by atoms with Crippen LogP contribution in [0.5, 0.6) is 0 Å². The third kappa shape index (κ3) is 2.82. The first-order valence-electron chi connectivity index (χ1n) is 7.96. The highest BCUT2D eigenvalue weighted by molar-refractivity contribution is 6.33. The number of aryl methyl sites for hydroxylation is 2. The maximum Gasteiger partial charge on any atom is 0.227 e. The number of hydrogen-bond acceptors (Lipinski definition) is 2. The second-order valence-electron chi connectivity index (χ2n) is 6.01. The Morgan fingerprint density at radius 2 is 1.60 bits per heavy atom. The quantitative estimate of drug-likeness (QED) is 0.378. The van der Waals surface area contributed by atoms with Crippen LogP contribution >= 0.6 is 23.2 Å². The van der Waals surface area contributed by atoms with Crippen LogP contribution in [0.2, 0.25) is 10.0 Å². The van der Waals surface area contributed by atoms with Gasteiger partial charge < -0.3 is 4.42 Å². The topological polar surface area (TPSA) is 26.0 Å². The standard InChI is InChI=1S/C21H15Cl2NO/c1-12-13(2)25-21-17(12)11-18(14-7-9-15(22)10-8-14)20(24-21)16-5-3-4-6-19(16)23/h3-11H,1-2H3. The molecule has 0 spiro atoms. The Balaban J connectivity index is 2.07. The Bertz CT molecular complexity index is 1080. The number of fused-ring (bicyclic) bond motifs is 1. The normalized spacial score (nSPS) is 11.2. The summed E-state index contributed by atoms with van der Waals surface area (Å²) in [5.41, 5.74) is 5.44. The first-order chi connectivity index (χ1) is 12.0. The number of benzene rings is 2. The van der Waals surface area contributed by atoms with E-state index in [-0.39, 0.29) is 0 Å². The molecule has 25 heavy (non-hydrogen) atoms. The van der Waals surface area contributed by atoms with E-state index in [1.54, 1.807) is 0 Å². The van der Waals surface area contributed by atoms with Crippen molar-refractivity contribution in [2.24, 2.45) is 0 Å². The van der Waals surface area contributed by atoms with Gasteiger partial charge in [-0.05, 0) is 49.2 Å². The highest BCUT2D eigenvalue weighted by Gasteiger charge is 2.17. The predicted molar refractivity (Wildman–Crippen MR) is 104 cm³/mol. The molecule has 4 heteroatoms. The zero-order chi connectivity index (χ0) is 17.6. The van der Waals surface area contributed by atoms with Crippen molar-refractivity contribution in [2.45, 2.75) is 13.8 Å². The van der Waals surface area contributed by atoms with Crippen LogP contribution in [-0.4, -0.2) is 4.98 Å². The van der Waals surface area contributed by atoms with E-state index in [1.165, 1.54) is 0 Å². The van der Waals surface area contributed by atoms with Gasteiger partial charge >= 0.3 is 0 Å². The van der Waals surface area contributed by atoms with Gasteiger partial charge in [-0.25, -0.2) is 4.98 Å². The van der Waals surface area contributed by atoms with Gasteiger partial charge in [-0.1, -0.05) is 53.5 Å². The molecule has 2 aromatic carbocycles. The number of aromatic nitrogens is 1. The Kier molecular flexibility index (Phi) is 4.03. The highest BCUT2D eigenvalue weighted by atomic mass is 35.5. The lowest BCUT2D eigenvalue weighted by molar-refractivity contribution is 0.565. The molecule has 4 rings (SSSR count). The molecule has 0 unspecified atom stereocenters. The van der Waals surface area contributed by atoms with Crippen LogP contribution in [-0.2, 0) is 0 Å². The predicted octanol–water partition coefficient (Wildman–Crippen LogP) is 7.09. The second-order valence-corrected chi connectivity index (χ2v) is 6.85. The van der Waals surface area contributed by atoms with E-state index in [9.17, 15) is 0 Å². The Morgan fingerprint density at radius 3 is 2.32 bits per heavy atom.